The lowest BCUT2D eigenvalue weighted by Gasteiger charge is -2.42. The largest absolute Gasteiger partial charge is 0.396 e. The predicted molar refractivity (Wildman–Crippen MR) is 101 cm³/mol. The number of anilines is 2. The van der Waals surface area contributed by atoms with Crippen molar-refractivity contribution in [2.45, 2.75) is 37.4 Å². The number of hydrogen-bond donors (Lipinski definition) is 5. The number of aromatic nitrogens is 2. The Kier molecular flexibility index (Phi) is 6.46. The lowest BCUT2D eigenvalue weighted by Crippen LogP contribution is -2.57. The average molecular weight is 395 g/mol. The lowest BCUT2D eigenvalue weighted by molar-refractivity contribution is -0.155. The first-order valence-corrected chi connectivity index (χ1v) is 9.04. The van der Waals surface area contributed by atoms with Gasteiger partial charge in [-0.15, -0.1) is 0 Å². The van der Waals surface area contributed by atoms with E-state index < -0.39 is 30.3 Å². The van der Waals surface area contributed by atoms with Gasteiger partial charge >= 0.3 is 0 Å². The van der Waals surface area contributed by atoms with Crippen molar-refractivity contribution in [2.75, 3.05) is 17.7 Å². The molecular weight excluding hydrogens is 372 g/mol. The molecule has 0 spiro atoms. The van der Waals surface area contributed by atoms with Crippen molar-refractivity contribution < 1.29 is 20.1 Å². The first-order valence-electron chi connectivity index (χ1n) is 8.66. The van der Waals surface area contributed by atoms with Crippen LogP contribution in [0.1, 0.15) is 12.0 Å². The number of hydrogen-bond acceptors (Lipinski definition) is 8. The van der Waals surface area contributed by atoms with E-state index >= 15 is 0 Å². The van der Waals surface area contributed by atoms with Crippen molar-refractivity contribution in [1.29, 1.82) is 0 Å². The summed E-state index contributed by atoms with van der Waals surface area (Å²) in [5.74, 6) is -0.181. The lowest BCUT2D eigenvalue weighted by atomic mass is 9.79. The molecule has 5 atom stereocenters. The van der Waals surface area contributed by atoms with E-state index in [9.17, 15) is 15.3 Å². The third kappa shape index (κ3) is 4.48. The zero-order chi connectivity index (χ0) is 19.4. The van der Waals surface area contributed by atoms with Crippen LogP contribution in [0.25, 0.3) is 0 Å². The van der Waals surface area contributed by atoms with E-state index in [-0.39, 0.29) is 29.9 Å². The fraction of sp³-hybridized carbons (Fsp3) is 0.444. The summed E-state index contributed by atoms with van der Waals surface area (Å²) < 4.78 is 5.81. The van der Waals surface area contributed by atoms with Crippen LogP contribution in [0.3, 0.4) is 0 Å². The van der Waals surface area contributed by atoms with Gasteiger partial charge in [-0.2, -0.15) is 0 Å². The molecule has 146 valence electrons. The van der Waals surface area contributed by atoms with Gasteiger partial charge in [0, 0.05) is 12.5 Å². The molecule has 0 unspecified atom stereocenters. The second-order valence-corrected chi connectivity index (χ2v) is 6.96. The standard InChI is InChI=1S/C18H23ClN4O4/c19-17-13(20)18(22-9-21-17)23-12-6-11(7-24)14(25)16(15(12)26)27-8-10-4-2-1-3-5-10/h1-5,9,11-12,14-16,24-26H,6-8,20H2,(H,21,22,23)/t11-,12-,14-,15+,16+/m1/s1. The number of nitrogens with zero attached hydrogens (tertiary/aromatic N) is 2. The topological polar surface area (TPSA) is 134 Å². The van der Waals surface area contributed by atoms with E-state index in [0.29, 0.717) is 6.42 Å². The minimum atomic E-state index is -1.04. The maximum atomic E-state index is 10.8. The Balaban J connectivity index is 1.75. The molecule has 1 heterocycles. The van der Waals surface area contributed by atoms with Crippen LogP contribution in [0.2, 0.25) is 5.15 Å². The summed E-state index contributed by atoms with van der Waals surface area (Å²) in [7, 11) is 0. The molecule has 6 N–H and O–H groups in total. The highest BCUT2D eigenvalue weighted by Crippen LogP contribution is 2.32. The SMILES string of the molecule is Nc1c(Cl)ncnc1N[C@@H]1C[C@H](CO)[C@@H](O)[C@H](OCc2ccccc2)[C@H]1O. The van der Waals surface area contributed by atoms with E-state index in [4.69, 9.17) is 22.1 Å². The first kappa shape index (κ1) is 19.8. The smallest absolute Gasteiger partial charge is 0.157 e. The van der Waals surface area contributed by atoms with Gasteiger partial charge in [0.2, 0.25) is 0 Å². The number of aliphatic hydroxyl groups is 3. The van der Waals surface area contributed by atoms with Crippen molar-refractivity contribution in [3.05, 3.63) is 47.4 Å². The maximum absolute atomic E-state index is 10.8. The molecule has 0 amide bonds. The molecule has 2 aromatic rings. The molecule has 1 aliphatic carbocycles. The van der Waals surface area contributed by atoms with Gasteiger partial charge < -0.3 is 31.1 Å². The number of nitrogens with two attached hydrogens (primary N) is 1. The van der Waals surface area contributed by atoms with Crippen LogP contribution in [0.15, 0.2) is 36.7 Å². The number of aliphatic hydroxyl groups excluding tert-OH is 3. The molecule has 0 aliphatic heterocycles. The molecule has 1 saturated carbocycles. The maximum Gasteiger partial charge on any atom is 0.157 e. The Labute approximate surface area is 162 Å². The Morgan fingerprint density at radius 1 is 1.19 bits per heavy atom. The van der Waals surface area contributed by atoms with Gasteiger partial charge in [0.05, 0.1) is 18.8 Å². The second kappa shape index (κ2) is 8.81. The fourth-order valence-electron chi connectivity index (χ4n) is 3.26. The highest BCUT2D eigenvalue weighted by atomic mass is 35.5. The van der Waals surface area contributed by atoms with Crippen LogP contribution < -0.4 is 11.1 Å². The summed E-state index contributed by atoms with van der Waals surface area (Å²) in [5, 5.41) is 34.1. The third-order valence-electron chi connectivity index (χ3n) is 4.80. The highest BCUT2D eigenvalue weighted by molar-refractivity contribution is 6.32. The van der Waals surface area contributed by atoms with Crippen molar-refractivity contribution in [3.8, 4) is 0 Å². The van der Waals surface area contributed by atoms with Crippen LogP contribution in [0, 0.1) is 5.92 Å². The highest BCUT2D eigenvalue weighted by Gasteiger charge is 2.44. The summed E-state index contributed by atoms with van der Waals surface area (Å²) in [6, 6.07) is 8.91. The molecule has 0 bridgehead atoms. The molecule has 0 radical (unpaired) electrons. The van der Waals surface area contributed by atoms with E-state index in [0.717, 1.165) is 5.56 Å². The van der Waals surface area contributed by atoms with Crippen molar-refractivity contribution in [1.82, 2.24) is 9.97 Å². The van der Waals surface area contributed by atoms with Gasteiger partial charge in [-0.25, -0.2) is 9.97 Å². The molecule has 8 nitrogen and oxygen atoms in total. The molecule has 1 aliphatic rings. The van der Waals surface area contributed by atoms with Gasteiger partial charge in [0.1, 0.15) is 24.2 Å². The number of halogens is 1. The Morgan fingerprint density at radius 2 is 1.93 bits per heavy atom. The quantitative estimate of drug-likeness (QED) is 0.454. The van der Waals surface area contributed by atoms with Gasteiger partial charge in [-0.05, 0) is 12.0 Å². The Morgan fingerprint density at radius 3 is 2.63 bits per heavy atom. The van der Waals surface area contributed by atoms with Gasteiger partial charge in [0.15, 0.2) is 11.0 Å². The zero-order valence-corrected chi connectivity index (χ0v) is 15.3. The van der Waals surface area contributed by atoms with Crippen molar-refractivity contribution >= 4 is 23.1 Å². The van der Waals surface area contributed by atoms with E-state index in [1.54, 1.807) is 0 Å². The number of nitrogen functional groups attached to an aromatic ring is 1. The summed E-state index contributed by atoms with van der Waals surface area (Å²) in [6.07, 6.45) is -1.35. The van der Waals surface area contributed by atoms with Crippen LogP contribution in [-0.2, 0) is 11.3 Å². The van der Waals surface area contributed by atoms with E-state index in [2.05, 4.69) is 15.3 Å². The van der Waals surface area contributed by atoms with Crippen LogP contribution in [0.4, 0.5) is 11.5 Å². The number of ether oxygens (including phenoxy) is 1. The van der Waals surface area contributed by atoms with Gasteiger partial charge in [-0.1, -0.05) is 41.9 Å². The third-order valence-corrected chi connectivity index (χ3v) is 5.10. The van der Waals surface area contributed by atoms with E-state index in [1.807, 2.05) is 30.3 Å². The molecule has 1 fully saturated rings. The molecule has 1 aromatic heterocycles. The number of benzene rings is 1. The number of rotatable bonds is 6. The minimum absolute atomic E-state index is 0.105. The summed E-state index contributed by atoms with van der Waals surface area (Å²) in [5.41, 5.74) is 6.96. The molecule has 1 aromatic carbocycles. The zero-order valence-electron chi connectivity index (χ0n) is 14.6. The molecule has 27 heavy (non-hydrogen) atoms. The molecule has 9 heteroatoms. The average Bonchev–Trinajstić information content (AvgIpc) is 2.68. The van der Waals surface area contributed by atoms with Crippen LogP contribution in [0.5, 0.6) is 0 Å². The summed E-state index contributed by atoms with van der Waals surface area (Å²) in [6.45, 7) is -0.0107. The van der Waals surface area contributed by atoms with Crippen molar-refractivity contribution in [2.24, 2.45) is 5.92 Å². The van der Waals surface area contributed by atoms with E-state index in [1.165, 1.54) is 6.33 Å². The predicted octanol–water partition coefficient (Wildman–Crippen LogP) is 0.812. The molecular formula is C18H23ClN4O4. The monoisotopic (exact) mass is 394 g/mol. The Bertz CT molecular complexity index is 751. The summed E-state index contributed by atoms with van der Waals surface area (Å²) in [4.78, 5) is 7.84. The fourth-order valence-corrected chi connectivity index (χ4v) is 3.39. The Hall–Kier alpha value is -1.97. The molecule has 3 rings (SSSR count). The minimum Gasteiger partial charge on any atom is -0.396 e. The van der Waals surface area contributed by atoms with Gasteiger partial charge in [0.25, 0.3) is 0 Å². The van der Waals surface area contributed by atoms with Gasteiger partial charge in [-0.3, -0.25) is 0 Å². The van der Waals surface area contributed by atoms with Crippen molar-refractivity contribution in [3.63, 3.8) is 0 Å². The number of nitrogens with one attached hydrogen (secondary N) is 1. The first-order chi connectivity index (χ1) is 13.0. The van der Waals surface area contributed by atoms with Crippen LogP contribution in [-0.4, -0.2) is 56.2 Å². The molecule has 0 saturated heterocycles. The van der Waals surface area contributed by atoms with Crippen LogP contribution >= 0.6 is 11.6 Å². The summed E-state index contributed by atoms with van der Waals surface area (Å²) >= 11 is 5.91. The second-order valence-electron chi connectivity index (χ2n) is 6.60. The normalized spacial score (nSPS) is 28.1.